The van der Waals surface area contributed by atoms with Crippen LogP contribution in [0.5, 0.6) is 5.75 Å². The van der Waals surface area contributed by atoms with Crippen molar-refractivity contribution >= 4 is 33.6 Å². The van der Waals surface area contributed by atoms with Crippen LogP contribution in [0, 0.1) is 0 Å². The third-order valence-electron chi connectivity index (χ3n) is 6.30. The highest BCUT2D eigenvalue weighted by atomic mass is 32.2. The smallest absolute Gasteiger partial charge is 0.265 e. The lowest BCUT2D eigenvalue weighted by molar-refractivity contribution is 0.0235. The molecule has 0 bridgehead atoms. The van der Waals surface area contributed by atoms with Gasteiger partial charge in [-0.15, -0.1) is 0 Å². The van der Waals surface area contributed by atoms with Crippen LogP contribution in [0.2, 0.25) is 0 Å². The van der Waals surface area contributed by atoms with Gasteiger partial charge in [0.2, 0.25) is 0 Å². The maximum Gasteiger partial charge on any atom is 0.265 e. The number of halogens is 3. The number of nitrogens with zero attached hydrogens (tertiary/aromatic N) is 4. The minimum absolute atomic E-state index is 0.137. The van der Waals surface area contributed by atoms with Crippen molar-refractivity contribution in [2.45, 2.75) is 37.7 Å². The molecule has 0 spiro atoms. The first-order valence-corrected chi connectivity index (χ1v) is 13.5. The molecule has 3 heterocycles. The molecule has 5 aromatic rings. The summed E-state index contributed by atoms with van der Waals surface area (Å²) in [4.78, 5) is 27.1. The van der Waals surface area contributed by atoms with E-state index in [9.17, 15) is 18.0 Å². The Kier molecular flexibility index (Phi) is 7.62. The van der Waals surface area contributed by atoms with Crippen LogP contribution in [0.3, 0.4) is 0 Å². The Morgan fingerprint density at radius 3 is 2.62 bits per heavy atom. The van der Waals surface area contributed by atoms with Gasteiger partial charge in [-0.3, -0.25) is 14.3 Å². The molecule has 204 valence electrons. The molecule has 0 amide bonds. The van der Waals surface area contributed by atoms with Gasteiger partial charge in [0, 0.05) is 41.5 Å². The minimum Gasteiger partial charge on any atom is -0.457 e. The molecule has 0 aliphatic heterocycles. The number of thioether (sulfide) groups is 1. The fourth-order valence-electron chi connectivity index (χ4n) is 4.02. The van der Waals surface area contributed by atoms with Crippen LogP contribution in [0.4, 0.5) is 13.2 Å². The van der Waals surface area contributed by atoms with Crippen molar-refractivity contribution < 1.29 is 17.9 Å². The molecule has 0 fully saturated rings. The van der Waals surface area contributed by atoms with Gasteiger partial charge >= 0.3 is 0 Å². The van der Waals surface area contributed by atoms with E-state index in [1.54, 1.807) is 42.7 Å². The summed E-state index contributed by atoms with van der Waals surface area (Å²) < 4.78 is 48.6. The molecule has 0 N–H and O–H groups in total. The zero-order valence-corrected chi connectivity index (χ0v) is 22.6. The summed E-state index contributed by atoms with van der Waals surface area (Å²) in [7, 11) is 0. The SMILES string of the molecule is C=C(C)C(F)Oc1ccc(-c2c(=O)n(-c3ccc4ncccc4c3)cc3cnc(SCC(F)(F)CC)nc23)cc1. The lowest BCUT2D eigenvalue weighted by Crippen LogP contribution is -2.21. The summed E-state index contributed by atoms with van der Waals surface area (Å²) in [5.41, 5.74) is 2.31. The van der Waals surface area contributed by atoms with Crippen LogP contribution in [-0.2, 0) is 0 Å². The van der Waals surface area contributed by atoms with Gasteiger partial charge in [-0.1, -0.05) is 43.5 Å². The van der Waals surface area contributed by atoms with Crippen LogP contribution in [0.1, 0.15) is 20.3 Å². The Balaban J connectivity index is 1.65. The average Bonchev–Trinajstić information content (AvgIpc) is 2.96. The molecule has 2 aromatic carbocycles. The topological polar surface area (TPSA) is 69.9 Å². The molecular weight excluding hydrogens is 537 g/mol. The van der Waals surface area contributed by atoms with Gasteiger partial charge in [-0.25, -0.2) is 18.7 Å². The van der Waals surface area contributed by atoms with Crippen LogP contribution >= 0.6 is 11.8 Å². The molecule has 0 aliphatic carbocycles. The van der Waals surface area contributed by atoms with Gasteiger partial charge in [-0.2, -0.15) is 4.39 Å². The normalized spacial score (nSPS) is 12.5. The number of alkyl halides is 3. The van der Waals surface area contributed by atoms with Crippen molar-refractivity contribution in [2.75, 3.05) is 5.75 Å². The fraction of sp³-hybridized carbons (Fsp3) is 0.200. The summed E-state index contributed by atoms with van der Waals surface area (Å²) in [6.45, 7) is 6.49. The number of rotatable bonds is 9. The summed E-state index contributed by atoms with van der Waals surface area (Å²) in [5.74, 6) is -3.09. The second-order valence-electron chi connectivity index (χ2n) is 9.32. The monoisotopic (exact) mass is 562 g/mol. The maximum atomic E-state index is 14.0. The van der Waals surface area contributed by atoms with E-state index in [4.69, 9.17) is 4.74 Å². The summed E-state index contributed by atoms with van der Waals surface area (Å²) >= 11 is 0.833. The molecular formula is C30H25F3N4O2S. The van der Waals surface area contributed by atoms with Gasteiger partial charge in [0.1, 0.15) is 5.75 Å². The van der Waals surface area contributed by atoms with E-state index in [0.717, 1.165) is 22.7 Å². The second-order valence-corrected chi connectivity index (χ2v) is 10.3. The Hall–Kier alpha value is -4.18. The van der Waals surface area contributed by atoms with E-state index < -0.39 is 18.0 Å². The second kappa shape index (κ2) is 11.1. The van der Waals surface area contributed by atoms with Crippen molar-refractivity contribution in [3.8, 4) is 22.6 Å². The van der Waals surface area contributed by atoms with E-state index in [1.807, 2.05) is 24.3 Å². The molecule has 3 aromatic heterocycles. The number of aromatic nitrogens is 4. The molecule has 0 aliphatic rings. The predicted molar refractivity (Wildman–Crippen MR) is 152 cm³/mol. The van der Waals surface area contributed by atoms with Crippen LogP contribution in [-0.4, -0.2) is 37.6 Å². The highest BCUT2D eigenvalue weighted by Crippen LogP contribution is 2.31. The highest BCUT2D eigenvalue weighted by Gasteiger charge is 2.27. The van der Waals surface area contributed by atoms with Crippen molar-refractivity contribution in [3.05, 3.63) is 95.7 Å². The van der Waals surface area contributed by atoms with Crippen LogP contribution in [0.25, 0.3) is 38.6 Å². The maximum absolute atomic E-state index is 14.0. The van der Waals surface area contributed by atoms with Crippen molar-refractivity contribution in [1.82, 2.24) is 19.5 Å². The first-order valence-electron chi connectivity index (χ1n) is 12.5. The number of pyridine rings is 2. The fourth-order valence-corrected chi connectivity index (χ4v) is 4.84. The van der Waals surface area contributed by atoms with E-state index in [-0.39, 0.29) is 34.0 Å². The molecule has 5 rings (SSSR count). The first kappa shape index (κ1) is 27.4. The summed E-state index contributed by atoms with van der Waals surface area (Å²) in [6, 6.07) is 15.5. The van der Waals surface area contributed by atoms with Crippen molar-refractivity contribution in [2.24, 2.45) is 0 Å². The average molecular weight is 563 g/mol. The van der Waals surface area contributed by atoms with Crippen molar-refractivity contribution in [3.63, 3.8) is 0 Å². The number of hydrogen-bond donors (Lipinski definition) is 0. The van der Waals surface area contributed by atoms with Crippen LogP contribution < -0.4 is 10.3 Å². The largest absolute Gasteiger partial charge is 0.457 e. The molecule has 1 unspecified atom stereocenters. The highest BCUT2D eigenvalue weighted by molar-refractivity contribution is 7.99. The first-order chi connectivity index (χ1) is 19.1. The molecule has 1 atom stereocenters. The molecule has 0 radical (unpaired) electrons. The van der Waals surface area contributed by atoms with Gasteiger partial charge in [0.05, 0.1) is 22.3 Å². The Bertz CT molecular complexity index is 1770. The zero-order valence-electron chi connectivity index (χ0n) is 21.8. The Labute approximate surface area is 232 Å². The molecule has 0 saturated heterocycles. The van der Waals surface area contributed by atoms with Gasteiger partial charge in [-0.05, 0) is 54.5 Å². The number of ether oxygens (including phenoxy) is 1. The lowest BCUT2D eigenvalue weighted by atomic mass is 10.0. The lowest BCUT2D eigenvalue weighted by Gasteiger charge is -2.15. The minimum atomic E-state index is -2.87. The number of hydrogen-bond acceptors (Lipinski definition) is 6. The van der Waals surface area contributed by atoms with Gasteiger partial charge < -0.3 is 4.74 Å². The predicted octanol–water partition coefficient (Wildman–Crippen LogP) is 7.38. The molecule has 6 nitrogen and oxygen atoms in total. The van der Waals surface area contributed by atoms with Gasteiger partial charge in [0.15, 0.2) is 5.16 Å². The van der Waals surface area contributed by atoms with Crippen LogP contribution in [0.15, 0.2) is 95.3 Å². The molecule has 10 heteroatoms. The van der Waals surface area contributed by atoms with E-state index >= 15 is 0 Å². The number of benzene rings is 2. The van der Waals surface area contributed by atoms with Gasteiger partial charge in [0.25, 0.3) is 17.8 Å². The number of fused-ring (bicyclic) bond motifs is 2. The Morgan fingerprint density at radius 1 is 1.12 bits per heavy atom. The van der Waals surface area contributed by atoms with E-state index in [0.29, 0.717) is 22.2 Å². The quantitative estimate of drug-likeness (QED) is 0.106. The van der Waals surface area contributed by atoms with E-state index in [1.165, 1.54) is 24.6 Å². The summed E-state index contributed by atoms with van der Waals surface area (Å²) in [6.07, 6.45) is 2.88. The third kappa shape index (κ3) is 5.72. The Morgan fingerprint density at radius 2 is 1.90 bits per heavy atom. The zero-order chi connectivity index (χ0) is 28.4. The van der Waals surface area contributed by atoms with E-state index in [2.05, 4.69) is 21.5 Å². The third-order valence-corrected chi connectivity index (χ3v) is 7.32. The molecule has 0 saturated carbocycles. The summed E-state index contributed by atoms with van der Waals surface area (Å²) in [5, 5.41) is 1.53. The molecule has 40 heavy (non-hydrogen) atoms. The van der Waals surface area contributed by atoms with Crippen molar-refractivity contribution in [1.29, 1.82) is 0 Å². The standard InChI is InChI=1S/C30H25F3N4O2S/c1-4-30(32,33)17-40-29-35-15-21-16-37(22-9-12-24-20(14-22)6-5-13-34-24)28(38)25(26(21)36-29)19-7-10-23(11-8-19)39-27(31)18(2)3/h5-16,27H,2,4,17H2,1,3H3.